The summed E-state index contributed by atoms with van der Waals surface area (Å²) >= 11 is 0. The van der Waals surface area contributed by atoms with Crippen molar-refractivity contribution in [2.75, 3.05) is 34.5 Å². The molecular formula is C13H21B2N2O7P. The van der Waals surface area contributed by atoms with Gasteiger partial charge in [0.2, 0.25) is 6.41 Å². The minimum atomic E-state index is -2.56. The first-order valence-corrected chi connectivity index (χ1v) is 8.23. The average molecular weight is 370 g/mol. The first-order valence-electron chi connectivity index (χ1n) is 6.99. The molecule has 2 amide bonds. The number of carbonyl (C=O) groups is 2. The number of imide groups is 1. The lowest BCUT2D eigenvalue weighted by Crippen LogP contribution is -2.40. The third-order valence-electron chi connectivity index (χ3n) is 2.92. The van der Waals surface area contributed by atoms with Crippen LogP contribution in [0.3, 0.4) is 0 Å². The summed E-state index contributed by atoms with van der Waals surface area (Å²) in [6, 6.07) is 0. The maximum atomic E-state index is 11.3. The van der Waals surface area contributed by atoms with E-state index < -0.39 is 26.6 Å². The number of hydrogen-bond acceptors (Lipinski definition) is 8. The summed E-state index contributed by atoms with van der Waals surface area (Å²) in [5.74, 6) is -0.610. The van der Waals surface area contributed by atoms with E-state index >= 15 is 0 Å². The van der Waals surface area contributed by atoms with Gasteiger partial charge in [-0.05, 0) is 0 Å². The standard InChI is InChI=1S/C13H21B2N2O7P/c1-17(5-4-10(19)16-8-18)11(7-23-3)24-9(6-22-2)12(14)13(15)25(20)21/h4-5,8-9,11,20-21H,6-7H2,1-3H3,(H,16,18,19)/b5-4-,13-12-. The van der Waals surface area contributed by atoms with Crippen molar-refractivity contribution in [1.82, 2.24) is 10.2 Å². The molecular weight excluding hydrogens is 349 g/mol. The zero-order valence-corrected chi connectivity index (χ0v) is 15.2. The number of rotatable bonds is 12. The molecule has 0 saturated carbocycles. The first kappa shape index (κ1) is 23.8. The third kappa shape index (κ3) is 9.15. The van der Waals surface area contributed by atoms with Gasteiger partial charge in [0.1, 0.15) is 15.7 Å². The van der Waals surface area contributed by atoms with E-state index in [0.29, 0.717) is 0 Å². The summed E-state index contributed by atoms with van der Waals surface area (Å²) in [4.78, 5) is 41.4. The van der Waals surface area contributed by atoms with Gasteiger partial charge in [0.15, 0.2) is 14.6 Å². The molecule has 0 aromatic heterocycles. The molecule has 136 valence electrons. The maximum absolute atomic E-state index is 11.3. The molecule has 2 atom stereocenters. The van der Waals surface area contributed by atoms with Crippen LogP contribution in [0.5, 0.6) is 0 Å². The molecule has 9 nitrogen and oxygen atoms in total. The van der Waals surface area contributed by atoms with Crippen LogP contribution in [0.2, 0.25) is 0 Å². The number of likely N-dealkylation sites (N-methyl/N-ethyl adjacent to an activating group) is 1. The monoisotopic (exact) mass is 370 g/mol. The molecule has 0 rings (SSSR count). The Labute approximate surface area is 150 Å². The van der Waals surface area contributed by atoms with Crippen LogP contribution in [0.1, 0.15) is 0 Å². The fraction of sp³-hybridized carbons (Fsp3) is 0.538. The molecule has 0 aliphatic heterocycles. The predicted molar refractivity (Wildman–Crippen MR) is 93.4 cm³/mol. The van der Waals surface area contributed by atoms with Gasteiger partial charge in [0.25, 0.3) is 5.91 Å². The number of nitrogens with one attached hydrogen (secondary N) is 1. The van der Waals surface area contributed by atoms with E-state index in [0.717, 1.165) is 6.08 Å². The van der Waals surface area contributed by atoms with Crippen LogP contribution >= 0.6 is 8.38 Å². The Morgan fingerprint density at radius 2 is 1.88 bits per heavy atom. The second-order valence-electron chi connectivity index (χ2n) is 4.73. The van der Waals surface area contributed by atoms with Crippen LogP contribution in [0, 0.1) is 0 Å². The van der Waals surface area contributed by atoms with E-state index in [2.05, 4.69) is 0 Å². The van der Waals surface area contributed by atoms with Gasteiger partial charge in [-0.15, -0.1) is 0 Å². The van der Waals surface area contributed by atoms with E-state index in [9.17, 15) is 19.4 Å². The van der Waals surface area contributed by atoms with Crippen molar-refractivity contribution in [3.8, 4) is 0 Å². The zero-order chi connectivity index (χ0) is 19.4. The lowest BCUT2D eigenvalue weighted by atomic mass is 9.84. The molecule has 2 unspecified atom stereocenters. The molecule has 12 heteroatoms. The van der Waals surface area contributed by atoms with Crippen molar-refractivity contribution >= 4 is 36.4 Å². The molecule has 0 aromatic carbocycles. The second-order valence-corrected chi connectivity index (χ2v) is 5.79. The predicted octanol–water partition coefficient (Wildman–Crippen LogP) is -1.49. The van der Waals surface area contributed by atoms with Gasteiger partial charge < -0.3 is 28.9 Å². The van der Waals surface area contributed by atoms with Crippen molar-refractivity contribution in [1.29, 1.82) is 0 Å². The fourth-order valence-corrected chi connectivity index (χ4v) is 1.98. The highest BCUT2D eigenvalue weighted by Gasteiger charge is 2.22. The van der Waals surface area contributed by atoms with Crippen molar-refractivity contribution in [3.63, 3.8) is 0 Å². The number of hydrogen-bond donors (Lipinski definition) is 3. The Kier molecular flexibility index (Phi) is 12.4. The quantitative estimate of drug-likeness (QED) is 0.125. The van der Waals surface area contributed by atoms with Gasteiger partial charge >= 0.3 is 0 Å². The highest BCUT2D eigenvalue weighted by atomic mass is 31.2. The topological polar surface area (TPSA) is 118 Å². The van der Waals surface area contributed by atoms with Gasteiger partial charge in [-0.3, -0.25) is 14.9 Å². The average Bonchev–Trinajstić information content (AvgIpc) is 2.57. The Hall–Kier alpha value is -1.22. The summed E-state index contributed by atoms with van der Waals surface area (Å²) in [6.45, 7) is 0.0929. The van der Waals surface area contributed by atoms with Gasteiger partial charge in [0.05, 0.1) is 19.3 Å². The molecule has 0 aliphatic carbocycles. The molecule has 0 aliphatic rings. The van der Waals surface area contributed by atoms with Crippen LogP contribution in [-0.4, -0.2) is 89.5 Å². The van der Waals surface area contributed by atoms with Crippen LogP contribution in [0.15, 0.2) is 23.0 Å². The smallest absolute Gasteiger partial charge is 0.251 e. The van der Waals surface area contributed by atoms with Crippen molar-refractivity contribution in [2.45, 2.75) is 12.3 Å². The normalized spacial score (nSPS) is 15.0. The molecule has 25 heavy (non-hydrogen) atoms. The minimum absolute atomic E-state index is 0.000890. The van der Waals surface area contributed by atoms with Gasteiger partial charge in [-0.2, -0.15) is 0 Å². The van der Waals surface area contributed by atoms with Gasteiger partial charge in [-0.25, -0.2) is 0 Å². The number of carbonyl (C=O) groups excluding carboxylic acids is 2. The molecule has 0 aromatic rings. The zero-order valence-electron chi connectivity index (χ0n) is 14.3. The summed E-state index contributed by atoms with van der Waals surface area (Å²) < 4.78 is 15.8. The molecule has 4 radical (unpaired) electrons. The van der Waals surface area contributed by atoms with Crippen LogP contribution in [-0.2, 0) is 23.8 Å². The van der Waals surface area contributed by atoms with Crippen molar-refractivity contribution in [2.24, 2.45) is 0 Å². The Morgan fingerprint density at radius 3 is 2.36 bits per heavy atom. The minimum Gasteiger partial charge on any atom is -0.382 e. The largest absolute Gasteiger partial charge is 0.382 e. The molecule has 0 saturated heterocycles. The first-order chi connectivity index (χ1) is 11.8. The van der Waals surface area contributed by atoms with Crippen molar-refractivity contribution in [3.05, 3.63) is 23.0 Å². The highest BCUT2D eigenvalue weighted by molar-refractivity contribution is 7.52. The number of methoxy groups -OCH3 is 2. The lowest BCUT2D eigenvalue weighted by molar-refractivity contribution is -0.122. The number of amides is 2. The Bertz CT molecular complexity index is 491. The third-order valence-corrected chi connectivity index (χ3v) is 3.61. The Balaban J connectivity index is 5.24. The lowest BCUT2D eigenvalue weighted by Gasteiger charge is -2.31. The molecule has 0 fully saturated rings. The molecule has 0 heterocycles. The molecule has 0 spiro atoms. The summed E-state index contributed by atoms with van der Waals surface area (Å²) in [6.07, 6.45) is 1.18. The van der Waals surface area contributed by atoms with E-state index in [1.54, 1.807) is 7.05 Å². The van der Waals surface area contributed by atoms with Crippen LogP contribution < -0.4 is 5.32 Å². The summed E-state index contributed by atoms with van der Waals surface area (Å²) in [5.41, 5.74) is -0.0739. The molecule has 0 bridgehead atoms. The summed E-state index contributed by atoms with van der Waals surface area (Å²) in [5, 5.41) is 1.66. The van der Waals surface area contributed by atoms with E-state index in [4.69, 9.17) is 29.9 Å². The SMILES string of the molecule is [B]/C(=C(/[B])P(O)O)C(COC)OC(COC)N(C)/C=C\C(=O)NC=O. The number of ether oxygens (including phenoxy) is 3. The van der Waals surface area contributed by atoms with Crippen molar-refractivity contribution < 1.29 is 33.6 Å². The maximum Gasteiger partial charge on any atom is 0.251 e. The van der Waals surface area contributed by atoms with Crippen LogP contribution in [0.25, 0.3) is 0 Å². The summed E-state index contributed by atoms with van der Waals surface area (Å²) in [7, 11) is 13.3. The molecule has 3 N–H and O–H groups in total. The van der Waals surface area contributed by atoms with Crippen LogP contribution in [0.4, 0.5) is 0 Å². The van der Waals surface area contributed by atoms with E-state index in [1.807, 2.05) is 5.32 Å². The Morgan fingerprint density at radius 1 is 1.28 bits per heavy atom. The van der Waals surface area contributed by atoms with Gasteiger partial charge in [0, 0.05) is 33.5 Å². The van der Waals surface area contributed by atoms with E-state index in [-0.39, 0.29) is 30.3 Å². The second kappa shape index (κ2) is 13.0. The fourth-order valence-electron chi connectivity index (χ4n) is 1.61. The van der Waals surface area contributed by atoms with Gasteiger partial charge in [-0.1, -0.05) is 10.7 Å². The van der Waals surface area contributed by atoms with E-state index in [1.165, 1.54) is 25.3 Å². The number of nitrogens with zero attached hydrogens (tertiary/aromatic N) is 1. The highest BCUT2D eigenvalue weighted by Crippen LogP contribution is 2.35.